The highest BCUT2D eigenvalue weighted by Crippen LogP contribution is 2.33. The van der Waals surface area contributed by atoms with Crippen LogP contribution in [0.4, 0.5) is 11.5 Å². The molecule has 0 unspecified atom stereocenters. The summed E-state index contributed by atoms with van der Waals surface area (Å²) in [6.45, 7) is 2.69. The van der Waals surface area contributed by atoms with Gasteiger partial charge in [-0.2, -0.15) is 4.98 Å². The Labute approximate surface area is 124 Å². The minimum absolute atomic E-state index is 0.547. The van der Waals surface area contributed by atoms with Gasteiger partial charge < -0.3 is 15.4 Å². The molecule has 2 aromatic rings. The van der Waals surface area contributed by atoms with Crippen LogP contribution in [0.5, 0.6) is 5.88 Å². The van der Waals surface area contributed by atoms with E-state index in [2.05, 4.69) is 20.9 Å². The Kier molecular flexibility index (Phi) is 3.64. The Hall–Kier alpha value is -2.30. The number of aryl methyl sites for hydroxylation is 1. The van der Waals surface area contributed by atoms with Crippen molar-refractivity contribution in [2.45, 2.75) is 32.4 Å². The summed E-state index contributed by atoms with van der Waals surface area (Å²) in [7, 11) is 1.63. The lowest BCUT2D eigenvalue weighted by molar-refractivity contribution is 0.395. The summed E-state index contributed by atoms with van der Waals surface area (Å²) in [4.78, 5) is 11.1. The third-order valence-electron chi connectivity index (χ3n) is 3.60. The molecule has 1 aliphatic rings. The van der Waals surface area contributed by atoms with Gasteiger partial charge in [0.2, 0.25) is 5.88 Å². The molecule has 1 aromatic heterocycles. The third-order valence-corrected chi connectivity index (χ3v) is 3.60. The molecule has 21 heavy (non-hydrogen) atoms. The fourth-order valence-corrected chi connectivity index (χ4v) is 2.45. The van der Waals surface area contributed by atoms with E-state index in [9.17, 15) is 0 Å². The predicted octanol–water partition coefficient (Wildman–Crippen LogP) is 2.54. The van der Waals surface area contributed by atoms with E-state index in [1.165, 1.54) is 18.4 Å². The van der Waals surface area contributed by atoms with Gasteiger partial charge in [0.1, 0.15) is 11.6 Å². The van der Waals surface area contributed by atoms with E-state index in [0.717, 1.165) is 23.9 Å². The predicted molar refractivity (Wildman–Crippen MR) is 83.4 cm³/mol. The van der Waals surface area contributed by atoms with Crippen molar-refractivity contribution in [3.8, 4) is 5.88 Å². The lowest BCUT2D eigenvalue weighted by Crippen LogP contribution is -2.26. The van der Waals surface area contributed by atoms with Crippen LogP contribution < -0.4 is 15.4 Å². The van der Waals surface area contributed by atoms with Crippen molar-refractivity contribution >= 4 is 11.5 Å². The van der Waals surface area contributed by atoms with Crippen molar-refractivity contribution in [1.29, 1.82) is 0 Å². The third kappa shape index (κ3) is 3.24. The molecule has 1 aromatic carbocycles. The average molecular weight is 284 g/mol. The smallest absolute Gasteiger partial charge is 0.218 e. The zero-order valence-electron chi connectivity index (χ0n) is 12.4. The first-order valence-electron chi connectivity index (χ1n) is 7.16. The van der Waals surface area contributed by atoms with Crippen LogP contribution in [-0.4, -0.2) is 23.1 Å². The van der Waals surface area contributed by atoms with Crippen LogP contribution in [0.25, 0.3) is 0 Å². The van der Waals surface area contributed by atoms with Gasteiger partial charge in [-0.1, -0.05) is 12.1 Å². The molecule has 0 amide bonds. The Morgan fingerprint density at radius 1 is 1.29 bits per heavy atom. The van der Waals surface area contributed by atoms with Crippen molar-refractivity contribution in [3.05, 3.63) is 41.7 Å². The van der Waals surface area contributed by atoms with Gasteiger partial charge >= 0.3 is 0 Å². The molecule has 0 spiro atoms. The first-order valence-corrected chi connectivity index (χ1v) is 7.16. The second kappa shape index (κ2) is 5.60. The van der Waals surface area contributed by atoms with Crippen molar-refractivity contribution < 1.29 is 4.74 Å². The van der Waals surface area contributed by atoms with Crippen molar-refractivity contribution in [2.24, 2.45) is 0 Å². The van der Waals surface area contributed by atoms with E-state index in [0.29, 0.717) is 11.9 Å². The zero-order valence-corrected chi connectivity index (χ0v) is 12.4. The zero-order chi connectivity index (χ0) is 14.8. The van der Waals surface area contributed by atoms with Crippen LogP contribution in [0.15, 0.2) is 30.3 Å². The molecule has 0 radical (unpaired) electrons. The standard InChI is InChI=1S/C16H20N4O/c1-11-18-15(9-16(19-11)21-2)20(14-6-7-14)10-12-4-3-5-13(17)8-12/h3-5,8-9,14H,6-7,10,17H2,1-2H3. The maximum atomic E-state index is 5.87. The summed E-state index contributed by atoms with van der Waals surface area (Å²) in [5, 5.41) is 0. The molecular weight excluding hydrogens is 264 g/mol. The average Bonchev–Trinajstić information content (AvgIpc) is 3.28. The molecule has 0 saturated heterocycles. The highest BCUT2D eigenvalue weighted by Gasteiger charge is 2.30. The molecule has 0 aliphatic heterocycles. The van der Waals surface area contributed by atoms with Crippen LogP contribution >= 0.6 is 0 Å². The van der Waals surface area contributed by atoms with Gasteiger partial charge in [0.25, 0.3) is 0 Å². The van der Waals surface area contributed by atoms with E-state index < -0.39 is 0 Å². The van der Waals surface area contributed by atoms with Crippen molar-refractivity contribution in [1.82, 2.24) is 9.97 Å². The van der Waals surface area contributed by atoms with E-state index in [4.69, 9.17) is 10.5 Å². The van der Waals surface area contributed by atoms with Crippen LogP contribution in [0.3, 0.4) is 0 Å². The first-order chi connectivity index (χ1) is 10.2. The summed E-state index contributed by atoms with van der Waals surface area (Å²) >= 11 is 0. The maximum absolute atomic E-state index is 5.87. The SMILES string of the molecule is COc1cc(N(Cc2cccc(N)c2)C2CC2)nc(C)n1. The number of ether oxygens (including phenoxy) is 1. The Bertz CT molecular complexity index is 640. The van der Waals surface area contributed by atoms with Crippen molar-refractivity contribution in [3.63, 3.8) is 0 Å². The van der Waals surface area contributed by atoms with Crippen LogP contribution in [0.2, 0.25) is 0 Å². The number of aromatic nitrogens is 2. The summed E-state index contributed by atoms with van der Waals surface area (Å²) in [5.74, 6) is 2.25. The molecule has 5 nitrogen and oxygen atoms in total. The fraction of sp³-hybridized carbons (Fsp3) is 0.375. The van der Waals surface area contributed by atoms with Gasteiger partial charge in [0, 0.05) is 24.3 Å². The highest BCUT2D eigenvalue weighted by molar-refractivity contribution is 5.47. The lowest BCUT2D eigenvalue weighted by Gasteiger charge is -2.24. The van der Waals surface area contributed by atoms with Gasteiger partial charge in [0.05, 0.1) is 7.11 Å². The number of rotatable bonds is 5. The molecule has 3 rings (SSSR count). The van der Waals surface area contributed by atoms with Gasteiger partial charge in [-0.05, 0) is 37.5 Å². The molecule has 5 heteroatoms. The number of methoxy groups -OCH3 is 1. The van der Waals surface area contributed by atoms with Crippen LogP contribution in [0.1, 0.15) is 24.2 Å². The normalized spacial score (nSPS) is 14.0. The number of nitrogens with zero attached hydrogens (tertiary/aromatic N) is 3. The highest BCUT2D eigenvalue weighted by atomic mass is 16.5. The number of anilines is 2. The molecule has 1 aliphatic carbocycles. The maximum Gasteiger partial charge on any atom is 0.218 e. The monoisotopic (exact) mass is 284 g/mol. The van der Waals surface area contributed by atoms with E-state index in [-0.39, 0.29) is 0 Å². The number of nitrogens with two attached hydrogens (primary N) is 1. The van der Waals surface area contributed by atoms with Gasteiger partial charge in [-0.3, -0.25) is 0 Å². The van der Waals surface area contributed by atoms with Crippen LogP contribution in [0, 0.1) is 6.92 Å². The Morgan fingerprint density at radius 2 is 2.10 bits per heavy atom. The van der Waals surface area contributed by atoms with E-state index in [1.54, 1.807) is 7.11 Å². The Balaban J connectivity index is 1.89. The molecule has 2 N–H and O–H groups in total. The van der Waals surface area contributed by atoms with Crippen LogP contribution in [-0.2, 0) is 6.54 Å². The van der Waals surface area contributed by atoms with Gasteiger partial charge in [-0.15, -0.1) is 0 Å². The fourth-order valence-electron chi connectivity index (χ4n) is 2.45. The van der Waals surface area contributed by atoms with E-state index in [1.807, 2.05) is 31.2 Å². The molecule has 1 saturated carbocycles. The molecule has 110 valence electrons. The molecule has 0 bridgehead atoms. The number of hydrogen-bond acceptors (Lipinski definition) is 5. The minimum Gasteiger partial charge on any atom is -0.481 e. The van der Waals surface area contributed by atoms with Gasteiger partial charge in [0.15, 0.2) is 0 Å². The summed E-state index contributed by atoms with van der Waals surface area (Å²) in [6, 6.07) is 10.4. The molecule has 0 atom stereocenters. The largest absolute Gasteiger partial charge is 0.481 e. The molecule has 1 fully saturated rings. The quantitative estimate of drug-likeness (QED) is 0.855. The minimum atomic E-state index is 0.547. The first kappa shape index (κ1) is 13.7. The number of nitrogen functional groups attached to an aromatic ring is 1. The number of benzene rings is 1. The molecular formula is C16H20N4O. The molecule has 1 heterocycles. The van der Waals surface area contributed by atoms with Gasteiger partial charge in [-0.25, -0.2) is 4.98 Å². The summed E-state index contributed by atoms with van der Waals surface area (Å²) < 4.78 is 5.26. The second-order valence-electron chi connectivity index (χ2n) is 5.42. The lowest BCUT2D eigenvalue weighted by atomic mass is 10.2. The summed E-state index contributed by atoms with van der Waals surface area (Å²) in [6.07, 6.45) is 2.40. The summed E-state index contributed by atoms with van der Waals surface area (Å²) in [5.41, 5.74) is 7.85. The Morgan fingerprint density at radius 3 is 2.76 bits per heavy atom. The number of hydrogen-bond donors (Lipinski definition) is 1. The second-order valence-corrected chi connectivity index (χ2v) is 5.42. The van der Waals surface area contributed by atoms with E-state index >= 15 is 0 Å². The topological polar surface area (TPSA) is 64.3 Å². The van der Waals surface area contributed by atoms with Crippen molar-refractivity contribution in [2.75, 3.05) is 17.7 Å².